The van der Waals surface area contributed by atoms with E-state index in [1.807, 2.05) is 13.8 Å². The molecule has 4 heterocycles. The van der Waals surface area contributed by atoms with Crippen molar-refractivity contribution in [1.82, 2.24) is 10.2 Å². The molecule has 2 aromatic rings. The normalized spacial score (nSPS) is 15.7. The highest BCUT2D eigenvalue weighted by atomic mass is 16.6. The summed E-state index contributed by atoms with van der Waals surface area (Å²) in [5.74, 6) is 1.08. The Hall–Kier alpha value is -2.77. The van der Waals surface area contributed by atoms with Gasteiger partial charge < -0.3 is 14.4 Å². The number of rotatable bonds is 7. The van der Waals surface area contributed by atoms with Crippen LogP contribution in [0.2, 0.25) is 0 Å². The maximum atomic E-state index is 11.7. The second kappa shape index (κ2) is 7.09. The maximum absolute atomic E-state index is 11.7. The van der Waals surface area contributed by atoms with Gasteiger partial charge in [-0.2, -0.15) is 5.10 Å². The lowest BCUT2D eigenvalue weighted by molar-refractivity contribution is -0.385. The van der Waals surface area contributed by atoms with Crippen molar-refractivity contribution in [3.8, 4) is 22.8 Å². The third-order valence-corrected chi connectivity index (χ3v) is 5.24. The van der Waals surface area contributed by atoms with Crippen molar-refractivity contribution in [1.29, 1.82) is 0 Å². The summed E-state index contributed by atoms with van der Waals surface area (Å²) in [7, 11) is 0. The van der Waals surface area contributed by atoms with E-state index >= 15 is 0 Å². The number of piperidine rings is 1. The number of H-pyrrole nitrogens is 1. The molecule has 0 radical (unpaired) electrons. The second-order valence-corrected chi connectivity index (χ2v) is 6.96. The molecule has 2 bridgehead atoms. The molecule has 0 saturated carbocycles. The molecule has 27 heavy (non-hydrogen) atoms. The van der Waals surface area contributed by atoms with Gasteiger partial charge in [-0.05, 0) is 32.3 Å². The Labute approximate surface area is 157 Å². The average molecular weight is 372 g/mol. The number of anilines is 1. The first-order valence-corrected chi connectivity index (χ1v) is 9.55. The number of nitrogens with zero attached hydrogens (tertiary/aromatic N) is 3. The van der Waals surface area contributed by atoms with Crippen molar-refractivity contribution >= 4 is 11.4 Å². The SMILES string of the molecule is CCCOc1c(OCC)cc(-c2n[nH]c3c2N2CCC3CC2)cc1[N+](=O)[O-]. The standard InChI is InChI=1S/C19H24N4O4/c1-3-9-27-19-14(23(24)25)10-13(11-15(19)26-4-2)17-18-16(20-21-17)12-5-7-22(18)8-6-12/h10-12H,3-9H2,1-2H3,(H,20,21). The lowest BCUT2D eigenvalue weighted by Gasteiger charge is -2.40. The van der Waals surface area contributed by atoms with Gasteiger partial charge in [0.15, 0.2) is 5.75 Å². The fourth-order valence-corrected chi connectivity index (χ4v) is 4.02. The monoisotopic (exact) mass is 372 g/mol. The molecule has 1 saturated heterocycles. The Kier molecular flexibility index (Phi) is 4.63. The molecule has 1 aromatic heterocycles. The van der Waals surface area contributed by atoms with E-state index in [1.54, 1.807) is 12.1 Å². The maximum Gasteiger partial charge on any atom is 0.315 e. The Morgan fingerprint density at radius 2 is 2.07 bits per heavy atom. The van der Waals surface area contributed by atoms with Crippen molar-refractivity contribution < 1.29 is 14.4 Å². The van der Waals surface area contributed by atoms with Gasteiger partial charge in [0.1, 0.15) is 5.69 Å². The zero-order valence-electron chi connectivity index (χ0n) is 15.7. The van der Waals surface area contributed by atoms with E-state index in [-0.39, 0.29) is 11.4 Å². The van der Waals surface area contributed by atoms with E-state index in [1.165, 1.54) is 0 Å². The van der Waals surface area contributed by atoms with E-state index in [2.05, 4.69) is 15.1 Å². The topological polar surface area (TPSA) is 93.5 Å². The number of benzene rings is 1. The Morgan fingerprint density at radius 1 is 1.30 bits per heavy atom. The number of ether oxygens (including phenoxy) is 2. The highest BCUT2D eigenvalue weighted by molar-refractivity contribution is 5.82. The van der Waals surface area contributed by atoms with Crippen LogP contribution in [0.25, 0.3) is 11.3 Å². The van der Waals surface area contributed by atoms with Crippen molar-refractivity contribution in [2.75, 3.05) is 31.2 Å². The van der Waals surface area contributed by atoms with Gasteiger partial charge in [-0.25, -0.2) is 0 Å². The van der Waals surface area contributed by atoms with E-state index in [0.29, 0.717) is 30.4 Å². The Bertz CT molecular complexity index is 856. The predicted octanol–water partition coefficient (Wildman–Crippen LogP) is 3.87. The summed E-state index contributed by atoms with van der Waals surface area (Å²) in [5, 5.41) is 19.4. The van der Waals surface area contributed by atoms with Crippen LogP contribution in [-0.4, -0.2) is 41.4 Å². The molecule has 0 atom stereocenters. The number of nitro benzene ring substituents is 1. The molecule has 0 spiro atoms. The van der Waals surface area contributed by atoms with Crippen LogP contribution < -0.4 is 14.4 Å². The van der Waals surface area contributed by atoms with Gasteiger partial charge >= 0.3 is 5.69 Å². The van der Waals surface area contributed by atoms with Crippen LogP contribution in [-0.2, 0) is 0 Å². The third-order valence-electron chi connectivity index (χ3n) is 5.24. The van der Waals surface area contributed by atoms with Crippen LogP contribution in [0.1, 0.15) is 44.7 Å². The minimum Gasteiger partial charge on any atom is -0.490 e. The fourth-order valence-electron chi connectivity index (χ4n) is 4.02. The van der Waals surface area contributed by atoms with Crippen molar-refractivity contribution in [2.45, 2.75) is 39.0 Å². The van der Waals surface area contributed by atoms with Gasteiger partial charge in [-0.1, -0.05) is 6.92 Å². The third kappa shape index (κ3) is 2.98. The highest BCUT2D eigenvalue weighted by Gasteiger charge is 2.36. The van der Waals surface area contributed by atoms with E-state index in [0.717, 1.165) is 49.4 Å². The van der Waals surface area contributed by atoms with E-state index in [4.69, 9.17) is 9.47 Å². The van der Waals surface area contributed by atoms with Crippen LogP contribution in [0.15, 0.2) is 12.1 Å². The van der Waals surface area contributed by atoms with Crippen LogP contribution >= 0.6 is 0 Å². The number of nitrogens with one attached hydrogen (secondary N) is 1. The number of hydrogen-bond donors (Lipinski definition) is 1. The minimum absolute atomic E-state index is 0.0860. The molecule has 8 nitrogen and oxygen atoms in total. The predicted molar refractivity (Wildman–Crippen MR) is 102 cm³/mol. The minimum atomic E-state index is -0.414. The molecule has 3 aliphatic rings. The number of hydrogen-bond acceptors (Lipinski definition) is 6. The van der Waals surface area contributed by atoms with Gasteiger partial charge in [-0.15, -0.1) is 0 Å². The molecule has 1 aromatic carbocycles. The lowest BCUT2D eigenvalue weighted by atomic mass is 9.86. The molecule has 8 heteroatoms. The van der Waals surface area contributed by atoms with Crippen molar-refractivity contribution in [3.63, 3.8) is 0 Å². The lowest BCUT2D eigenvalue weighted by Crippen LogP contribution is -2.38. The molecule has 144 valence electrons. The van der Waals surface area contributed by atoms with E-state index < -0.39 is 4.92 Å². The summed E-state index contributed by atoms with van der Waals surface area (Å²) in [6.45, 7) is 6.61. The van der Waals surface area contributed by atoms with Crippen molar-refractivity contribution in [2.24, 2.45) is 0 Å². The molecule has 0 amide bonds. The summed E-state index contributed by atoms with van der Waals surface area (Å²) in [6, 6.07) is 3.36. The summed E-state index contributed by atoms with van der Waals surface area (Å²) >= 11 is 0. The fraction of sp³-hybridized carbons (Fsp3) is 0.526. The van der Waals surface area contributed by atoms with Gasteiger partial charge in [-0.3, -0.25) is 15.2 Å². The summed E-state index contributed by atoms with van der Waals surface area (Å²) in [4.78, 5) is 13.6. The highest BCUT2D eigenvalue weighted by Crippen LogP contribution is 2.48. The van der Waals surface area contributed by atoms with Crippen LogP contribution in [0.3, 0.4) is 0 Å². The number of fused-ring (bicyclic) bond motifs is 2. The summed E-state index contributed by atoms with van der Waals surface area (Å²) in [5.41, 5.74) is 3.57. The molecule has 5 rings (SSSR count). The van der Waals surface area contributed by atoms with Crippen molar-refractivity contribution in [3.05, 3.63) is 27.9 Å². The zero-order valence-corrected chi connectivity index (χ0v) is 15.7. The second-order valence-electron chi connectivity index (χ2n) is 6.96. The summed E-state index contributed by atoms with van der Waals surface area (Å²) < 4.78 is 11.3. The van der Waals surface area contributed by atoms with Crippen LogP contribution in [0.4, 0.5) is 11.4 Å². The Balaban J connectivity index is 1.84. The molecule has 3 aliphatic heterocycles. The molecule has 0 unspecified atom stereocenters. The number of nitro groups is 1. The zero-order chi connectivity index (χ0) is 19.0. The number of aromatic nitrogens is 2. The first-order chi connectivity index (χ1) is 13.1. The molecule has 1 N–H and O–H groups in total. The molecule has 1 fully saturated rings. The number of aromatic amines is 1. The van der Waals surface area contributed by atoms with Gasteiger partial charge in [0.2, 0.25) is 5.75 Å². The van der Waals surface area contributed by atoms with E-state index in [9.17, 15) is 10.1 Å². The summed E-state index contributed by atoms with van der Waals surface area (Å²) in [6.07, 6.45) is 3.01. The van der Waals surface area contributed by atoms with Gasteiger partial charge in [0.25, 0.3) is 0 Å². The van der Waals surface area contributed by atoms with Crippen LogP contribution in [0.5, 0.6) is 11.5 Å². The smallest absolute Gasteiger partial charge is 0.315 e. The molecular weight excluding hydrogens is 348 g/mol. The van der Waals surface area contributed by atoms with Gasteiger partial charge in [0, 0.05) is 30.6 Å². The molecular formula is C19H24N4O4. The largest absolute Gasteiger partial charge is 0.490 e. The van der Waals surface area contributed by atoms with Gasteiger partial charge in [0.05, 0.1) is 29.5 Å². The molecule has 0 aliphatic carbocycles. The first kappa shape index (κ1) is 17.6. The Morgan fingerprint density at radius 3 is 2.74 bits per heavy atom. The average Bonchev–Trinajstić information content (AvgIpc) is 3.15. The van der Waals surface area contributed by atoms with Crippen LogP contribution in [0, 0.1) is 10.1 Å². The first-order valence-electron chi connectivity index (χ1n) is 9.55. The quantitative estimate of drug-likeness (QED) is 0.586.